The highest BCUT2D eigenvalue weighted by atomic mass is 16.5. The van der Waals surface area contributed by atoms with Crippen LogP contribution < -0.4 is 5.32 Å². The molecule has 0 aromatic rings. The van der Waals surface area contributed by atoms with E-state index in [2.05, 4.69) is 5.32 Å². The number of aliphatic hydroxyl groups excluding tert-OH is 1. The lowest BCUT2D eigenvalue weighted by molar-refractivity contribution is -0.134. The van der Waals surface area contributed by atoms with Crippen molar-refractivity contribution >= 4 is 11.8 Å². The van der Waals surface area contributed by atoms with Crippen molar-refractivity contribution < 1.29 is 19.4 Å². The van der Waals surface area contributed by atoms with E-state index in [1.807, 2.05) is 6.92 Å². The van der Waals surface area contributed by atoms with Crippen molar-refractivity contribution in [2.75, 3.05) is 6.61 Å². The number of carbonyl (C=O) groups is 2. The molecule has 3 aliphatic rings. The minimum absolute atomic E-state index is 0.0165. The average molecular weight is 225 g/mol. The number of ether oxygens (including phenoxy) is 1. The number of hydrogen-bond acceptors (Lipinski definition) is 4. The van der Waals surface area contributed by atoms with Crippen molar-refractivity contribution in [1.82, 2.24) is 5.32 Å². The van der Waals surface area contributed by atoms with Crippen LogP contribution in [0.5, 0.6) is 0 Å². The van der Waals surface area contributed by atoms with E-state index in [1.165, 1.54) is 0 Å². The second-order valence-electron chi connectivity index (χ2n) is 5.09. The molecule has 3 saturated heterocycles. The number of rotatable bonds is 2. The smallest absolute Gasteiger partial charge is 0.233 e. The summed E-state index contributed by atoms with van der Waals surface area (Å²) in [5, 5.41) is 11.7. The predicted molar refractivity (Wildman–Crippen MR) is 53.2 cm³/mol. The second kappa shape index (κ2) is 3.05. The van der Waals surface area contributed by atoms with Crippen LogP contribution in [0.4, 0.5) is 0 Å². The summed E-state index contributed by atoms with van der Waals surface area (Å²) in [6, 6.07) is 0. The maximum absolute atomic E-state index is 11.8. The van der Waals surface area contributed by atoms with E-state index in [-0.39, 0.29) is 42.3 Å². The molecule has 3 heterocycles. The zero-order valence-electron chi connectivity index (χ0n) is 9.10. The summed E-state index contributed by atoms with van der Waals surface area (Å²) in [4.78, 5) is 23.4. The lowest BCUT2D eigenvalue weighted by Gasteiger charge is -2.35. The highest BCUT2D eigenvalue weighted by Gasteiger charge is 2.68. The second-order valence-corrected chi connectivity index (χ2v) is 5.09. The van der Waals surface area contributed by atoms with Gasteiger partial charge in [-0.15, -0.1) is 0 Å². The summed E-state index contributed by atoms with van der Waals surface area (Å²) in [6.45, 7) is 1.86. The van der Waals surface area contributed by atoms with Crippen molar-refractivity contribution in [3.8, 4) is 0 Å². The standard InChI is InChI=1S/C11H15NO4/c1-5(4-13)11-3-2-6(16-11)7-8(11)10(15)12-9(7)14/h5-8,13H,2-4H2,1H3,(H,12,14,15). The van der Waals surface area contributed by atoms with Crippen molar-refractivity contribution in [2.45, 2.75) is 31.5 Å². The Morgan fingerprint density at radius 1 is 1.56 bits per heavy atom. The zero-order valence-corrected chi connectivity index (χ0v) is 9.10. The summed E-state index contributed by atoms with van der Waals surface area (Å²) in [6.07, 6.45) is 1.44. The first kappa shape index (κ1) is 10.2. The van der Waals surface area contributed by atoms with Crippen LogP contribution in [0, 0.1) is 17.8 Å². The lowest BCUT2D eigenvalue weighted by atomic mass is 9.68. The van der Waals surface area contributed by atoms with Crippen LogP contribution in [0.25, 0.3) is 0 Å². The molecule has 5 nitrogen and oxygen atoms in total. The van der Waals surface area contributed by atoms with Crippen LogP contribution in [0.3, 0.4) is 0 Å². The van der Waals surface area contributed by atoms with Gasteiger partial charge in [-0.3, -0.25) is 14.9 Å². The minimum atomic E-state index is -0.611. The van der Waals surface area contributed by atoms with E-state index in [1.54, 1.807) is 0 Å². The molecule has 0 radical (unpaired) electrons. The number of nitrogens with one attached hydrogen (secondary N) is 1. The van der Waals surface area contributed by atoms with Crippen molar-refractivity contribution in [2.24, 2.45) is 17.8 Å². The fourth-order valence-electron chi connectivity index (χ4n) is 3.58. The molecule has 0 saturated carbocycles. The number of aliphatic hydroxyl groups is 1. The van der Waals surface area contributed by atoms with Crippen LogP contribution in [-0.4, -0.2) is 35.2 Å². The van der Waals surface area contributed by atoms with Gasteiger partial charge in [0.15, 0.2) is 0 Å². The normalized spacial score (nSPS) is 47.0. The molecular weight excluding hydrogens is 210 g/mol. The van der Waals surface area contributed by atoms with Gasteiger partial charge in [-0.25, -0.2) is 0 Å². The van der Waals surface area contributed by atoms with Crippen molar-refractivity contribution in [3.05, 3.63) is 0 Å². The molecule has 3 fully saturated rings. The molecule has 2 bridgehead atoms. The highest BCUT2D eigenvalue weighted by molar-refractivity contribution is 6.06. The van der Waals surface area contributed by atoms with Crippen LogP contribution in [0.1, 0.15) is 19.8 Å². The SMILES string of the molecule is CC(CO)C12CCC(O1)C1C(=O)NC(=O)C12. The molecule has 0 spiro atoms. The summed E-state index contributed by atoms with van der Waals surface area (Å²) in [5.41, 5.74) is -0.611. The van der Waals surface area contributed by atoms with Crippen molar-refractivity contribution in [3.63, 3.8) is 0 Å². The molecule has 2 N–H and O–H groups in total. The number of fused-ring (bicyclic) bond motifs is 5. The fraction of sp³-hybridized carbons (Fsp3) is 0.818. The van der Waals surface area contributed by atoms with Crippen LogP contribution in [0.15, 0.2) is 0 Å². The summed E-state index contributed by atoms with van der Waals surface area (Å²) in [5.74, 6) is -1.25. The predicted octanol–water partition coefficient (Wildman–Crippen LogP) is -0.565. The van der Waals surface area contributed by atoms with Gasteiger partial charge in [0.05, 0.1) is 23.5 Å². The molecule has 0 aliphatic carbocycles. The first-order chi connectivity index (χ1) is 7.60. The number of amides is 2. The van der Waals surface area contributed by atoms with E-state index < -0.39 is 5.60 Å². The van der Waals surface area contributed by atoms with Gasteiger partial charge in [0.1, 0.15) is 0 Å². The third-order valence-electron chi connectivity index (χ3n) is 4.42. The zero-order chi connectivity index (χ0) is 11.5. The molecule has 5 atom stereocenters. The molecule has 5 heteroatoms. The molecule has 3 rings (SSSR count). The minimum Gasteiger partial charge on any atom is -0.396 e. The molecule has 2 amide bonds. The van der Waals surface area contributed by atoms with E-state index in [9.17, 15) is 14.7 Å². The topological polar surface area (TPSA) is 75.6 Å². The first-order valence-electron chi connectivity index (χ1n) is 5.73. The third-order valence-corrected chi connectivity index (χ3v) is 4.42. The van der Waals surface area contributed by atoms with Gasteiger partial charge in [0.25, 0.3) is 0 Å². The maximum atomic E-state index is 11.8. The number of hydrogen-bond donors (Lipinski definition) is 2. The maximum Gasteiger partial charge on any atom is 0.233 e. The molecule has 0 aromatic carbocycles. The van der Waals surface area contributed by atoms with Crippen LogP contribution >= 0.6 is 0 Å². The van der Waals surface area contributed by atoms with E-state index >= 15 is 0 Å². The number of carbonyl (C=O) groups excluding carboxylic acids is 2. The van der Waals surface area contributed by atoms with Crippen LogP contribution in [0.2, 0.25) is 0 Å². The largest absolute Gasteiger partial charge is 0.396 e. The van der Waals surface area contributed by atoms with Gasteiger partial charge >= 0.3 is 0 Å². The first-order valence-corrected chi connectivity index (χ1v) is 5.73. The molecule has 16 heavy (non-hydrogen) atoms. The Labute approximate surface area is 93.2 Å². The van der Waals surface area contributed by atoms with E-state index in [4.69, 9.17) is 4.74 Å². The van der Waals surface area contributed by atoms with E-state index in [0.29, 0.717) is 0 Å². The quantitative estimate of drug-likeness (QED) is 0.617. The van der Waals surface area contributed by atoms with Gasteiger partial charge in [0, 0.05) is 12.5 Å². The highest BCUT2D eigenvalue weighted by Crippen LogP contribution is 2.56. The van der Waals surface area contributed by atoms with Crippen molar-refractivity contribution in [1.29, 1.82) is 0 Å². The molecule has 88 valence electrons. The molecule has 0 aromatic heterocycles. The molecular formula is C11H15NO4. The summed E-state index contributed by atoms with van der Waals surface area (Å²) < 4.78 is 5.88. The lowest BCUT2D eigenvalue weighted by Crippen LogP contribution is -2.47. The van der Waals surface area contributed by atoms with Gasteiger partial charge in [-0.1, -0.05) is 6.92 Å². The Morgan fingerprint density at radius 2 is 2.31 bits per heavy atom. The Hall–Kier alpha value is -0.940. The summed E-state index contributed by atoms with van der Waals surface area (Å²) >= 11 is 0. The van der Waals surface area contributed by atoms with Gasteiger partial charge in [-0.05, 0) is 12.8 Å². The Kier molecular flexibility index (Phi) is 1.95. The average Bonchev–Trinajstić information content (AvgIpc) is 2.90. The number of imide groups is 1. The Morgan fingerprint density at radius 3 is 3.00 bits per heavy atom. The Bertz CT molecular complexity index is 369. The fourth-order valence-corrected chi connectivity index (χ4v) is 3.58. The van der Waals surface area contributed by atoms with Gasteiger partial charge in [0.2, 0.25) is 11.8 Å². The van der Waals surface area contributed by atoms with Gasteiger partial charge < -0.3 is 9.84 Å². The van der Waals surface area contributed by atoms with Crippen LogP contribution in [-0.2, 0) is 14.3 Å². The Balaban J connectivity index is 2.02. The van der Waals surface area contributed by atoms with E-state index in [0.717, 1.165) is 12.8 Å². The monoisotopic (exact) mass is 225 g/mol. The van der Waals surface area contributed by atoms with Gasteiger partial charge in [-0.2, -0.15) is 0 Å². The molecule has 3 aliphatic heterocycles. The molecule has 5 unspecified atom stereocenters. The summed E-state index contributed by atoms with van der Waals surface area (Å²) in [7, 11) is 0. The third kappa shape index (κ3) is 0.978.